The summed E-state index contributed by atoms with van der Waals surface area (Å²) in [4.78, 5) is 14.2. The summed E-state index contributed by atoms with van der Waals surface area (Å²) in [5.41, 5.74) is 1.52. The van der Waals surface area contributed by atoms with Crippen LogP contribution in [-0.4, -0.2) is 30.0 Å². The Labute approximate surface area is 135 Å². The first-order valence-corrected chi connectivity index (χ1v) is 7.93. The molecule has 1 amide bonds. The highest BCUT2D eigenvalue weighted by molar-refractivity contribution is 5.94. The molecule has 23 heavy (non-hydrogen) atoms. The molecular formula is C19H20FNO2. The first kappa shape index (κ1) is 15.7. The zero-order chi connectivity index (χ0) is 16.1. The van der Waals surface area contributed by atoms with Gasteiger partial charge in [0.1, 0.15) is 5.82 Å². The fourth-order valence-corrected chi connectivity index (χ4v) is 2.85. The minimum absolute atomic E-state index is 0.0291. The SMILES string of the molecule is O=C(c1cccc(F)c1)N1CCC[C@H](OCc2ccccc2)C1. The van der Waals surface area contributed by atoms with Gasteiger partial charge in [0.25, 0.3) is 5.91 Å². The Kier molecular flexibility index (Phi) is 5.03. The minimum atomic E-state index is -0.385. The lowest BCUT2D eigenvalue weighted by molar-refractivity contribution is -0.00673. The van der Waals surface area contributed by atoms with Gasteiger partial charge in [-0.15, -0.1) is 0 Å². The monoisotopic (exact) mass is 313 g/mol. The van der Waals surface area contributed by atoms with E-state index in [0.717, 1.165) is 18.4 Å². The maximum Gasteiger partial charge on any atom is 0.254 e. The van der Waals surface area contributed by atoms with Gasteiger partial charge in [-0.1, -0.05) is 36.4 Å². The number of nitrogens with zero attached hydrogens (tertiary/aromatic N) is 1. The van der Waals surface area contributed by atoms with Gasteiger partial charge in [0.2, 0.25) is 0 Å². The topological polar surface area (TPSA) is 29.5 Å². The van der Waals surface area contributed by atoms with Crippen molar-refractivity contribution in [2.24, 2.45) is 0 Å². The second-order valence-electron chi connectivity index (χ2n) is 5.82. The van der Waals surface area contributed by atoms with Gasteiger partial charge in [-0.25, -0.2) is 4.39 Å². The molecule has 3 nitrogen and oxygen atoms in total. The molecule has 0 bridgehead atoms. The van der Waals surface area contributed by atoms with E-state index in [9.17, 15) is 9.18 Å². The van der Waals surface area contributed by atoms with E-state index in [2.05, 4.69) is 0 Å². The van der Waals surface area contributed by atoms with E-state index in [1.54, 1.807) is 17.0 Å². The van der Waals surface area contributed by atoms with Crippen LogP contribution in [0.15, 0.2) is 54.6 Å². The summed E-state index contributed by atoms with van der Waals surface area (Å²) in [7, 11) is 0. The standard InChI is InChI=1S/C19H20FNO2/c20-17-9-4-8-16(12-17)19(22)21-11-5-10-18(13-21)23-14-15-6-2-1-3-7-15/h1-4,6-9,12,18H,5,10-11,13-14H2/t18-/m0/s1. The van der Waals surface area contributed by atoms with Crippen LogP contribution < -0.4 is 0 Å². The number of rotatable bonds is 4. The van der Waals surface area contributed by atoms with Crippen molar-refractivity contribution < 1.29 is 13.9 Å². The number of carbonyl (C=O) groups excluding carboxylic acids is 1. The molecular weight excluding hydrogens is 293 g/mol. The number of hydrogen-bond donors (Lipinski definition) is 0. The van der Waals surface area contributed by atoms with Crippen LogP contribution in [0.5, 0.6) is 0 Å². The molecule has 1 aliphatic rings. The van der Waals surface area contributed by atoms with Crippen LogP contribution in [-0.2, 0) is 11.3 Å². The second-order valence-corrected chi connectivity index (χ2v) is 5.82. The van der Waals surface area contributed by atoms with Crippen LogP contribution in [0.25, 0.3) is 0 Å². The molecule has 1 saturated heterocycles. The van der Waals surface area contributed by atoms with Crippen molar-refractivity contribution >= 4 is 5.91 Å². The summed E-state index contributed by atoms with van der Waals surface area (Å²) in [5, 5.41) is 0. The molecule has 120 valence electrons. The highest BCUT2D eigenvalue weighted by atomic mass is 19.1. The summed E-state index contributed by atoms with van der Waals surface area (Å²) in [6.45, 7) is 1.80. The molecule has 0 aromatic heterocycles. The number of halogens is 1. The second kappa shape index (κ2) is 7.38. The van der Waals surface area contributed by atoms with Gasteiger partial charge >= 0.3 is 0 Å². The molecule has 2 aromatic carbocycles. The van der Waals surface area contributed by atoms with E-state index in [0.29, 0.717) is 25.3 Å². The normalized spacial score (nSPS) is 18.0. The summed E-state index contributed by atoms with van der Waals surface area (Å²) in [6.07, 6.45) is 1.88. The minimum Gasteiger partial charge on any atom is -0.372 e. The molecule has 0 unspecified atom stereocenters. The number of benzene rings is 2. The number of amides is 1. The smallest absolute Gasteiger partial charge is 0.254 e. The lowest BCUT2D eigenvalue weighted by atomic mass is 10.1. The van der Waals surface area contributed by atoms with Crippen molar-refractivity contribution in [1.82, 2.24) is 4.90 Å². The molecule has 0 spiro atoms. The molecule has 1 aliphatic heterocycles. The van der Waals surface area contributed by atoms with Gasteiger partial charge in [0.05, 0.1) is 12.7 Å². The van der Waals surface area contributed by atoms with Crippen molar-refractivity contribution in [3.05, 3.63) is 71.5 Å². The van der Waals surface area contributed by atoms with Gasteiger partial charge in [0, 0.05) is 18.7 Å². The van der Waals surface area contributed by atoms with Crippen molar-refractivity contribution in [1.29, 1.82) is 0 Å². The Hall–Kier alpha value is -2.20. The van der Waals surface area contributed by atoms with E-state index in [4.69, 9.17) is 4.74 Å². The summed E-state index contributed by atoms with van der Waals surface area (Å²) in [6, 6.07) is 15.9. The molecule has 0 N–H and O–H groups in total. The largest absolute Gasteiger partial charge is 0.372 e. The fourth-order valence-electron chi connectivity index (χ4n) is 2.85. The summed E-state index contributed by atoms with van der Waals surface area (Å²) in [5.74, 6) is -0.512. The first-order valence-electron chi connectivity index (χ1n) is 7.93. The molecule has 1 fully saturated rings. The Balaban J connectivity index is 1.58. The molecule has 3 rings (SSSR count). The molecule has 1 atom stereocenters. The van der Waals surface area contributed by atoms with Gasteiger partial charge in [0.15, 0.2) is 0 Å². The van der Waals surface area contributed by atoms with Crippen LogP contribution in [0.2, 0.25) is 0 Å². The van der Waals surface area contributed by atoms with Crippen molar-refractivity contribution in [3.8, 4) is 0 Å². The van der Waals surface area contributed by atoms with E-state index >= 15 is 0 Å². The maximum absolute atomic E-state index is 13.3. The fraction of sp³-hybridized carbons (Fsp3) is 0.316. The Morgan fingerprint density at radius 3 is 2.78 bits per heavy atom. The maximum atomic E-state index is 13.3. The van der Waals surface area contributed by atoms with Gasteiger partial charge in [-0.3, -0.25) is 4.79 Å². The average molecular weight is 313 g/mol. The predicted molar refractivity (Wildman–Crippen MR) is 86.6 cm³/mol. The number of piperidine rings is 1. The van der Waals surface area contributed by atoms with Crippen LogP contribution in [0.1, 0.15) is 28.8 Å². The molecule has 2 aromatic rings. The summed E-state index contributed by atoms with van der Waals surface area (Å²) >= 11 is 0. The van der Waals surface area contributed by atoms with Crippen molar-refractivity contribution in [2.45, 2.75) is 25.6 Å². The number of hydrogen-bond acceptors (Lipinski definition) is 2. The van der Waals surface area contributed by atoms with Gasteiger partial charge < -0.3 is 9.64 Å². The first-order chi connectivity index (χ1) is 11.2. The Bertz CT molecular complexity index is 659. The third-order valence-electron chi connectivity index (χ3n) is 4.07. The third kappa shape index (κ3) is 4.17. The predicted octanol–water partition coefficient (Wildman–Crippen LogP) is 3.65. The number of carbonyl (C=O) groups is 1. The van der Waals surface area contributed by atoms with E-state index in [1.807, 2.05) is 30.3 Å². The van der Waals surface area contributed by atoms with E-state index < -0.39 is 0 Å². The highest BCUT2D eigenvalue weighted by Crippen LogP contribution is 2.18. The molecule has 0 aliphatic carbocycles. The molecule has 4 heteroatoms. The van der Waals surface area contributed by atoms with Gasteiger partial charge in [-0.2, -0.15) is 0 Å². The molecule has 0 radical (unpaired) electrons. The molecule has 0 saturated carbocycles. The van der Waals surface area contributed by atoms with Crippen LogP contribution in [0.3, 0.4) is 0 Å². The zero-order valence-corrected chi connectivity index (χ0v) is 13.0. The van der Waals surface area contributed by atoms with Crippen LogP contribution in [0, 0.1) is 5.82 Å². The Morgan fingerprint density at radius 1 is 1.17 bits per heavy atom. The summed E-state index contributed by atoms with van der Waals surface area (Å²) < 4.78 is 19.2. The van der Waals surface area contributed by atoms with Crippen molar-refractivity contribution in [2.75, 3.05) is 13.1 Å². The van der Waals surface area contributed by atoms with E-state index in [1.165, 1.54) is 12.1 Å². The molecule has 1 heterocycles. The van der Waals surface area contributed by atoms with Crippen LogP contribution >= 0.6 is 0 Å². The number of ether oxygens (including phenoxy) is 1. The van der Waals surface area contributed by atoms with Gasteiger partial charge in [-0.05, 0) is 36.6 Å². The zero-order valence-electron chi connectivity index (χ0n) is 13.0. The number of likely N-dealkylation sites (tertiary alicyclic amines) is 1. The third-order valence-corrected chi connectivity index (χ3v) is 4.07. The van der Waals surface area contributed by atoms with Crippen LogP contribution in [0.4, 0.5) is 4.39 Å². The lowest BCUT2D eigenvalue weighted by Gasteiger charge is -2.32. The lowest BCUT2D eigenvalue weighted by Crippen LogP contribution is -2.43. The Morgan fingerprint density at radius 2 is 2.00 bits per heavy atom. The highest BCUT2D eigenvalue weighted by Gasteiger charge is 2.25. The quantitative estimate of drug-likeness (QED) is 0.862. The van der Waals surface area contributed by atoms with Crippen molar-refractivity contribution in [3.63, 3.8) is 0 Å². The average Bonchev–Trinajstić information content (AvgIpc) is 2.60. The van der Waals surface area contributed by atoms with E-state index in [-0.39, 0.29) is 17.8 Å².